The average molecular weight is 275 g/mol. The van der Waals surface area contributed by atoms with Gasteiger partial charge >= 0.3 is 5.97 Å². The number of amides is 1. The largest absolute Gasteiger partial charge is 0.478 e. The normalized spacial score (nSPS) is 11.8. The molecule has 0 unspecified atom stereocenters. The summed E-state index contributed by atoms with van der Waals surface area (Å²) in [7, 11) is 0. The van der Waals surface area contributed by atoms with Crippen LogP contribution in [0.25, 0.3) is 11.0 Å². The highest BCUT2D eigenvalue weighted by Gasteiger charge is 2.26. The molecule has 2 rings (SSSR count). The molecule has 0 aliphatic rings. The van der Waals surface area contributed by atoms with Gasteiger partial charge in [0.05, 0.1) is 16.6 Å². The van der Waals surface area contributed by atoms with E-state index in [1.807, 2.05) is 25.3 Å². The number of benzene rings is 1. The van der Waals surface area contributed by atoms with Gasteiger partial charge < -0.3 is 15.4 Å². The maximum Gasteiger partial charge on any atom is 0.335 e. The highest BCUT2D eigenvalue weighted by atomic mass is 16.4. The van der Waals surface area contributed by atoms with Gasteiger partial charge in [-0.1, -0.05) is 0 Å². The minimum absolute atomic E-state index is 0.181. The summed E-state index contributed by atoms with van der Waals surface area (Å²) >= 11 is 0. The highest BCUT2D eigenvalue weighted by Crippen LogP contribution is 2.28. The first-order valence-electron chi connectivity index (χ1n) is 6.23. The van der Waals surface area contributed by atoms with E-state index >= 15 is 0 Å². The molecule has 6 heteroatoms. The van der Waals surface area contributed by atoms with Crippen molar-refractivity contribution >= 4 is 22.9 Å². The van der Waals surface area contributed by atoms with Gasteiger partial charge in [-0.3, -0.25) is 4.79 Å². The van der Waals surface area contributed by atoms with Crippen LogP contribution < -0.4 is 5.73 Å². The maximum absolute atomic E-state index is 11.2. The molecule has 0 aliphatic heterocycles. The second-order valence-electron chi connectivity index (χ2n) is 5.46. The zero-order chi connectivity index (χ0) is 15.1. The van der Waals surface area contributed by atoms with Crippen molar-refractivity contribution < 1.29 is 14.7 Å². The first-order valence-corrected chi connectivity index (χ1v) is 6.23. The van der Waals surface area contributed by atoms with E-state index in [9.17, 15) is 9.59 Å². The SMILES string of the molecule is Cc1nc2cc(C(=O)O)ccc2n1C(C)(C)CC(N)=O. The number of aromatic nitrogens is 2. The molecule has 0 aliphatic carbocycles. The number of carbonyl (C=O) groups excluding carboxylic acids is 1. The lowest BCUT2D eigenvalue weighted by Crippen LogP contribution is -2.32. The summed E-state index contributed by atoms with van der Waals surface area (Å²) in [6.45, 7) is 5.62. The van der Waals surface area contributed by atoms with Crippen LogP contribution in [0.15, 0.2) is 18.2 Å². The number of carbonyl (C=O) groups is 2. The van der Waals surface area contributed by atoms with Crippen molar-refractivity contribution in [3.05, 3.63) is 29.6 Å². The molecule has 0 atom stereocenters. The van der Waals surface area contributed by atoms with Crippen LogP contribution in [-0.2, 0) is 10.3 Å². The van der Waals surface area contributed by atoms with Crippen LogP contribution in [-0.4, -0.2) is 26.5 Å². The molecule has 0 fully saturated rings. The maximum atomic E-state index is 11.2. The van der Waals surface area contributed by atoms with Crippen LogP contribution in [0.5, 0.6) is 0 Å². The third-order valence-electron chi connectivity index (χ3n) is 3.28. The van der Waals surface area contributed by atoms with E-state index in [0.29, 0.717) is 11.3 Å². The van der Waals surface area contributed by atoms with Crippen LogP contribution in [0, 0.1) is 6.92 Å². The molecule has 0 radical (unpaired) electrons. The van der Waals surface area contributed by atoms with Gasteiger partial charge in [-0.15, -0.1) is 0 Å². The predicted molar refractivity (Wildman–Crippen MR) is 74.6 cm³/mol. The molecule has 6 nitrogen and oxygen atoms in total. The van der Waals surface area contributed by atoms with Gasteiger partial charge in [-0.25, -0.2) is 9.78 Å². The lowest BCUT2D eigenvalue weighted by molar-refractivity contribution is -0.119. The number of nitrogens with two attached hydrogens (primary N) is 1. The Bertz CT molecular complexity index is 701. The highest BCUT2D eigenvalue weighted by molar-refractivity contribution is 5.92. The quantitative estimate of drug-likeness (QED) is 0.886. The minimum atomic E-state index is -0.990. The Morgan fingerprint density at radius 2 is 2.05 bits per heavy atom. The van der Waals surface area contributed by atoms with E-state index in [4.69, 9.17) is 10.8 Å². The Balaban J connectivity index is 2.62. The van der Waals surface area contributed by atoms with Crippen molar-refractivity contribution in [3.63, 3.8) is 0 Å². The molecule has 1 heterocycles. The Hall–Kier alpha value is -2.37. The number of aromatic carboxylic acids is 1. The summed E-state index contributed by atoms with van der Waals surface area (Å²) in [5.41, 5.74) is 6.35. The second-order valence-corrected chi connectivity index (χ2v) is 5.46. The first kappa shape index (κ1) is 14.0. The van der Waals surface area contributed by atoms with Crippen LogP contribution >= 0.6 is 0 Å². The number of primary amides is 1. The fourth-order valence-electron chi connectivity index (χ4n) is 2.60. The molecule has 2 aromatic rings. The fraction of sp³-hybridized carbons (Fsp3) is 0.357. The summed E-state index contributed by atoms with van der Waals surface area (Å²) in [6, 6.07) is 4.77. The average Bonchev–Trinajstić information content (AvgIpc) is 2.62. The number of carboxylic acids is 1. The first-order chi connectivity index (χ1) is 9.22. The Kier molecular flexibility index (Phi) is 3.25. The van der Waals surface area contributed by atoms with Crippen molar-refractivity contribution in [2.45, 2.75) is 32.7 Å². The van der Waals surface area contributed by atoms with Crippen molar-refractivity contribution in [1.82, 2.24) is 9.55 Å². The molecule has 0 spiro atoms. The van der Waals surface area contributed by atoms with Gasteiger partial charge in [0.1, 0.15) is 5.82 Å². The van der Waals surface area contributed by atoms with Gasteiger partial charge in [0.2, 0.25) is 5.91 Å². The van der Waals surface area contributed by atoms with Crippen molar-refractivity contribution in [3.8, 4) is 0 Å². The number of imidazole rings is 1. The third kappa shape index (κ3) is 2.36. The monoisotopic (exact) mass is 275 g/mol. The number of nitrogens with zero attached hydrogens (tertiary/aromatic N) is 2. The number of aryl methyl sites for hydroxylation is 1. The zero-order valence-corrected chi connectivity index (χ0v) is 11.7. The number of hydrogen-bond donors (Lipinski definition) is 2. The standard InChI is InChI=1S/C14H17N3O3/c1-8-16-10-6-9(13(19)20)4-5-11(10)17(8)14(2,3)7-12(15)18/h4-6H,7H2,1-3H3,(H2,15,18)(H,19,20). The predicted octanol–water partition coefficient (Wildman–Crippen LogP) is 1.65. The summed E-state index contributed by atoms with van der Waals surface area (Å²) in [6.07, 6.45) is 0.181. The molecule has 3 N–H and O–H groups in total. The van der Waals surface area contributed by atoms with Crippen LogP contribution in [0.1, 0.15) is 36.5 Å². The summed E-state index contributed by atoms with van der Waals surface area (Å²) in [5.74, 6) is -0.664. The van der Waals surface area contributed by atoms with Gasteiger partial charge in [-0.2, -0.15) is 0 Å². The summed E-state index contributed by atoms with van der Waals surface area (Å²) in [4.78, 5) is 26.6. The Labute approximate surface area is 116 Å². The number of rotatable bonds is 4. The zero-order valence-electron chi connectivity index (χ0n) is 11.7. The van der Waals surface area contributed by atoms with Gasteiger partial charge in [0.25, 0.3) is 0 Å². The Morgan fingerprint density at radius 1 is 1.40 bits per heavy atom. The fourth-order valence-corrected chi connectivity index (χ4v) is 2.60. The topological polar surface area (TPSA) is 98.2 Å². The number of hydrogen-bond acceptors (Lipinski definition) is 3. The van der Waals surface area contributed by atoms with Crippen molar-refractivity contribution in [2.24, 2.45) is 5.73 Å². The number of fused-ring (bicyclic) bond motifs is 1. The van der Waals surface area contributed by atoms with Crippen LogP contribution in [0.3, 0.4) is 0 Å². The van der Waals surface area contributed by atoms with E-state index in [1.54, 1.807) is 6.07 Å². The van der Waals surface area contributed by atoms with E-state index in [2.05, 4.69) is 4.98 Å². The van der Waals surface area contributed by atoms with Gasteiger partial charge in [-0.05, 0) is 39.0 Å². The Morgan fingerprint density at radius 3 is 2.60 bits per heavy atom. The van der Waals surface area contributed by atoms with Crippen molar-refractivity contribution in [1.29, 1.82) is 0 Å². The third-order valence-corrected chi connectivity index (χ3v) is 3.28. The lowest BCUT2D eigenvalue weighted by Gasteiger charge is -2.27. The van der Waals surface area contributed by atoms with E-state index in [1.165, 1.54) is 12.1 Å². The van der Waals surface area contributed by atoms with E-state index < -0.39 is 17.4 Å². The molecule has 1 aromatic heterocycles. The molecular formula is C14H17N3O3. The molecular weight excluding hydrogens is 258 g/mol. The summed E-state index contributed by atoms with van der Waals surface area (Å²) < 4.78 is 1.92. The van der Waals surface area contributed by atoms with Crippen molar-refractivity contribution in [2.75, 3.05) is 0 Å². The molecule has 0 saturated carbocycles. The smallest absolute Gasteiger partial charge is 0.335 e. The molecule has 0 saturated heterocycles. The number of carboxylic acid groups (broad SMARTS) is 1. The summed E-state index contributed by atoms with van der Waals surface area (Å²) in [5, 5.41) is 9.00. The minimum Gasteiger partial charge on any atom is -0.478 e. The molecule has 0 bridgehead atoms. The molecule has 1 amide bonds. The van der Waals surface area contributed by atoms with E-state index in [-0.39, 0.29) is 12.0 Å². The lowest BCUT2D eigenvalue weighted by atomic mass is 9.99. The molecule has 1 aromatic carbocycles. The second kappa shape index (κ2) is 4.63. The van der Waals surface area contributed by atoms with Gasteiger partial charge in [0.15, 0.2) is 0 Å². The van der Waals surface area contributed by atoms with E-state index in [0.717, 1.165) is 5.52 Å². The molecule has 20 heavy (non-hydrogen) atoms. The molecule has 106 valence electrons. The van der Waals surface area contributed by atoms with Crippen LogP contribution in [0.4, 0.5) is 0 Å². The van der Waals surface area contributed by atoms with Gasteiger partial charge in [0, 0.05) is 12.0 Å². The van der Waals surface area contributed by atoms with Crippen LogP contribution in [0.2, 0.25) is 0 Å².